The third-order valence-electron chi connectivity index (χ3n) is 4.13. The first-order chi connectivity index (χ1) is 10.6. The van der Waals surface area contributed by atoms with E-state index in [-0.39, 0.29) is 17.9 Å². The zero-order valence-electron chi connectivity index (χ0n) is 12.3. The smallest absolute Gasteiger partial charge is 0.229 e. The molecule has 2 amide bonds. The molecule has 0 spiro atoms. The van der Waals surface area contributed by atoms with Crippen LogP contribution >= 0.6 is 11.6 Å². The van der Waals surface area contributed by atoms with Gasteiger partial charge in [0.15, 0.2) is 0 Å². The van der Waals surface area contributed by atoms with Crippen molar-refractivity contribution in [3.05, 3.63) is 40.9 Å². The van der Waals surface area contributed by atoms with Crippen LogP contribution < -0.4 is 10.2 Å². The number of carbonyl (C=O) groups excluding carboxylic acids is 2. The van der Waals surface area contributed by atoms with Crippen LogP contribution in [0.25, 0.3) is 0 Å². The van der Waals surface area contributed by atoms with Crippen molar-refractivity contribution in [3.63, 3.8) is 0 Å². The Morgan fingerprint density at radius 3 is 3.00 bits per heavy atom. The summed E-state index contributed by atoms with van der Waals surface area (Å²) in [4.78, 5) is 25.9. The van der Waals surface area contributed by atoms with Gasteiger partial charge in [-0.15, -0.1) is 0 Å². The monoisotopic (exact) mass is 318 g/mol. The first-order valence-corrected chi connectivity index (χ1v) is 8.03. The molecule has 0 saturated carbocycles. The molecule has 1 saturated heterocycles. The van der Waals surface area contributed by atoms with E-state index in [2.05, 4.69) is 11.4 Å². The van der Waals surface area contributed by atoms with E-state index in [1.807, 2.05) is 12.1 Å². The van der Waals surface area contributed by atoms with Gasteiger partial charge in [0, 0.05) is 30.1 Å². The van der Waals surface area contributed by atoms with Crippen LogP contribution in [0.2, 0.25) is 5.02 Å². The molecule has 5 heteroatoms. The number of halogens is 1. The minimum absolute atomic E-state index is 0.0129. The van der Waals surface area contributed by atoms with E-state index >= 15 is 0 Å². The van der Waals surface area contributed by atoms with E-state index < -0.39 is 0 Å². The second kappa shape index (κ2) is 6.53. The van der Waals surface area contributed by atoms with Crippen LogP contribution in [-0.2, 0) is 9.59 Å². The largest absolute Gasteiger partial charge is 0.351 e. The topological polar surface area (TPSA) is 49.4 Å². The fourth-order valence-electron chi connectivity index (χ4n) is 3.08. The summed E-state index contributed by atoms with van der Waals surface area (Å²) in [5, 5.41) is 3.58. The molecule has 1 heterocycles. The molecule has 1 aromatic rings. The first-order valence-electron chi connectivity index (χ1n) is 7.65. The van der Waals surface area contributed by atoms with E-state index in [4.69, 9.17) is 11.6 Å². The van der Waals surface area contributed by atoms with Gasteiger partial charge in [-0.1, -0.05) is 29.3 Å². The van der Waals surface area contributed by atoms with Gasteiger partial charge in [-0.2, -0.15) is 0 Å². The van der Waals surface area contributed by atoms with Crippen molar-refractivity contribution in [2.45, 2.75) is 38.1 Å². The summed E-state index contributed by atoms with van der Waals surface area (Å²) in [6.45, 7) is 0.504. The Hall–Kier alpha value is -1.81. The zero-order chi connectivity index (χ0) is 15.5. The molecular formula is C17H19ClN2O2. The fraction of sp³-hybridized carbons (Fsp3) is 0.412. The van der Waals surface area contributed by atoms with E-state index in [9.17, 15) is 9.59 Å². The number of hydrogen-bond donors (Lipinski definition) is 1. The lowest BCUT2D eigenvalue weighted by molar-refractivity contribution is -0.121. The van der Waals surface area contributed by atoms with Crippen LogP contribution in [-0.4, -0.2) is 24.4 Å². The lowest BCUT2D eigenvalue weighted by Crippen LogP contribution is -2.37. The van der Waals surface area contributed by atoms with Crippen molar-refractivity contribution < 1.29 is 9.59 Å². The molecule has 1 N–H and O–H groups in total. The molecule has 1 atom stereocenters. The van der Waals surface area contributed by atoms with Crippen LogP contribution in [0, 0.1) is 0 Å². The van der Waals surface area contributed by atoms with Gasteiger partial charge in [-0.3, -0.25) is 9.59 Å². The van der Waals surface area contributed by atoms with Gasteiger partial charge in [0.1, 0.15) is 0 Å². The van der Waals surface area contributed by atoms with Crippen molar-refractivity contribution in [2.24, 2.45) is 0 Å². The zero-order valence-corrected chi connectivity index (χ0v) is 13.1. The molecule has 1 aliphatic carbocycles. The van der Waals surface area contributed by atoms with Crippen LogP contribution in [0.4, 0.5) is 5.69 Å². The van der Waals surface area contributed by atoms with Gasteiger partial charge in [-0.25, -0.2) is 0 Å². The predicted octanol–water partition coefficient (Wildman–Crippen LogP) is 3.06. The number of benzene rings is 1. The maximum Gasteiger partial charge on any atom is 0.229 e. The van der Waals surface area contributed by atoms with Gasteiger partial charge in [-0.05, 0) is 37.5 Å². The number of rotatable bonds is 4. The summed E-state index contributed by atoms with van der Waals surface area (Å²) in [5.41, 5.74) is 2.00. The Balaban J connectivity index is 1.58. The average Bonchev–Trinajstić information content (AvgIpc) is 3.08. The molecule has 1 aromatic carbocycles. The van der Waals surface area contributed by atoms with Crippen LogP contribution in [0.1, 0.15) is 32.1 Å². The molecule has 2 aliphatic rings. The second-order valence-corrected chi connectivity index (χ2v) is 6.32. The van der Waals surface area contributed by atoms with Gasteiger partial charge in [0.25, 0.3) is 0 Å². The van der Waals surface area contributed by atoms with Crippen LogP contribution in [0.5, 0.6) is 0 Å². The second-order valence-electron chi connectivity index (χ2n) is 5.88. The summed E-state index contributed by atoms with van der Waals surface area (Å²) in [7, 11) is 0. The molecule has 3 rings (SSSR count). The third-order valence-corrected chi connectivity index (χ3v) is 4.37. The number of carbonyl (C=O) groups is 2. The Bertz CT molecular complexity index is 627. The fourth-order valence-corrected chi connectivity index (χ4v) is 3.27. The van der Waals surface area contributed by atoms with Gasteiger partial charge in [0.2, 0.25) is 11.8 Å². The highest BCUT2D eigenvalue weighted by molar-refractivity contribution is 6.30. The van der Waals surface area contributed by atoms with Crippen molar-refractivity contribution in [2.75, 3.05) is 11.4 Å². The molecule has 0 unspecified atom stereocenters. The minimum atomic E-state index is -0.124. The normalized spacial score (nSPS) is 21.1. The number of nitrogens with one attached hydrogen (secondary N) is 1. The molecule has 0 aromatic heterocycles. The van der Waals surface area contributed by atoms with E-state index in [1.54, 1.807) is 17.0 Å². The van der Waals surface area contributed by atoms with Crippen LogP contribution in [0.15, 0.2) is 35.9 Å². The lowest BCUT2D eigenvalue weighted by Gasteiger charge is -2.17. The van der Waals surface area contributed by atoms with Gasteiger partial charge < -0.3 is 10.2 Å². The van der Waals surface area contributed by atoms with Gasteiger partial charge >= 0.3 is 0 Å². The minimum Gasteiger partial charge on any atom is -0.351 e. The third kappa shape index (κ3) is 3.50. The number of nitrogens with zero attached hydrogens (tertiary/aromatic N) is 1. The van der Waals surface area contributed by atoms with E-state index in [1.165, 1.54) is 5.57 Å². The van der Waals surface area contributed by atoms with Gasteiger partial charge in [0.05, 0.1) is 6.04 Å². The summed E-state index contributed by atoms with van der Waals surface area (Å²) in [6, 6.07) is 7.11. The molecule has 0 radical (unpaired) electrons. The average molecular weight is 319 g/mol. The van der Waals surface area contributed by atoms with Crippen molar-refractivity contribution in [3.8, 4) is 0 Å². The highest BCUT2D eigenvalue weighted by Gasteiger charge is 2.31. The Morgan fingerprint density at radius 1 is 1.41 bits per heavy atom. The first kappa shape index (κ1) is 15.1. The highest BCUT2D eigenvalue weighted by Crippen LogP contribution is 2.25. The molecule has 4 nitrogen and oxygen atoms in total. The number of allylic oxidation sites excluding steroid dienone is 1. The SMILES string of the molecule is O=C(CC1=CCCC1)N[C@H]1CC(=O)N(c2cccc(Cl)c2)C1. The maximum atomic E-state index is 12.1. The molecule has 22 heavy (non-hydrogen) atoms. The molecular weight excluding hydrogens is 300 g/mol. The number of anilines is 1. The standard InChI is InChI=1S/C17H19ClN2O2/c18-13-6-3-7-15(9-13)20-11-14(10-17(20)22)19-16(21)8-12-4-1-2-5-12/h3-4,6-7,9,14H,1-2,5,8,10-11H2,(H,19,21)/t14-/m0/s1. The van der Waals surface area contributed by atoms with Crippen molar-refractivity contribution in [1.29, 1.82) is 0 Å². The van der Waals surface area contributed by atoms with E-state index in [0.717, 1.165) is 24.9 Å². The summed E-state index contributed by atoms with van der Waals surface area (Å²) >= 11 is 5.97. The quantitative estimate of drug-likeness (QED) is 0.867. The Kier molecular flexibility index (Phi) is 4.48. The molecule has 0 bridgehead atoms. The van der Waals surface area contributed by atoms with Crippen molar-refractivity contribution in [1.82, 2.24) is 5.32 Å². The summed E-state index contributed by atoms with van der Waals surface area (Å²) in [6.07, 6.45) is 6.20. The Labute approximate surface area is 135 Å². The highest BCUT2D eigenvalue weighted by atomic mass is 35.5. The van der Waals surface area contributed by atoms with Crippen molar-refractivity contribution >= 4 is 29.1 Å². The lowest BCUT2D eigenvalue weighted by atomic mass is 10.1. The maximum absolute atomic E-state index is 12.1. The molecule has 1 aliphatic heterocycles. The molecule has 1 fully saturated rings. The number of amides is 2. The Morgan fingerprint density at radius 2 is 2.27 bits per heavy atom. The van der Waals surface area contributed by atoms with E-state index in [0.29, 0.717) is 24.4 Å². The molecule has 116 valence electrons. The predicted molar refractivity (Wildman–Crippen MR) is 86.9 cm³/mol. The summed E-state index contributed by atoms with van der Waals surface area (Å²) in [5.74, 6) is 0.0338. The van der Waals surface area contributed by atoms with Crippen LogP contribution in [0.3, 0.4) is 0 Å². The number of hydrogen-bond acceptors (Lipinski definition) is 2. The summed E-state index contributed by atoms with van der Waals surface area (Å²) < 4.78 is 0.